The Morgan fingerprint density at radius 2 is 1.95 bits per heavy atom. The second-order valence-electron chi connectivity index (χ2n) is 5.65. The average Bonchev–Trinajstić information content (AvgIpc) is 3.06. The number of allylic oxidation sites excluding steroid dienone is 2. The lowest BCUT2D eigenvalue weighted by molar-refractivity contribution is -0.148. The van der Waals surface area contributed by atoms with E-state index in [1.807, 2.05) is 12.2 Å². The van der Waals surface area contributed by atoms with Gasteiger partial charge >= 0.3 is 5.97 Å². The maximum Gasteiger partial charge on any atom is 0.307 e. The molecular formula is C14H19NO5. The smallest absolute Gasteiger partial charge is 0.307 e. The molecule has 0 aromatic carbocycles. The van der Waals surface area contributed by atoms with Gasteiger partial charge in [-0.05, 0) is 18.3 Å². The highest BCUT2D eigenvalue weighted by molar-refractivity contribution is 5.86. The first-order chi connectivity index (χ1) is 9.66. The number of carboxylic acid groups (broad SMARTS) is 1. The number of nitrogens with one attached hydrogen (secondary N) is 1. The predicted octanol–water partition coefficient (Wildman–Crippen LogP) is 0.0409. The topological polar surface area (TPSA) is 84.9 Å². The highest BCUT2D eigenvalue weighted by Crippen LogP contribution is 2.48. The highest BCUT2D eigenvalue weighted by Gasteiger charge is 2.51. The average molecular weight is 281 g/mol. The molecule has 1 heterocycles. The molecule has 1 saturated heterocycles. The van der Waals surface area contributed by atoms with Crippen LogP contribution in [-0.2, 0) is 19.1 Å². The van der Waals surface area contributed by atoms with Crippen molar-refractivity contribution in [1.82, 2.24) is 5.32 Å². The number of fused-ring (bicyclic) bond motifs is 2. The molecule has 2 bridgehead atoms. The Bertz CT molecular complexity index is 429. The molecule has 110 valence electrons. The third-order valence-corrected chi connectivity index (χ3v) is 4.44. The lowest BCUT2D eigenvalue weighted by atomic mass is 9.82. The first-order valence-electron chi connectivity index (χ1n) is 7.05. The summed E-state index contributed by atoms with van der Waals surface area (Å²) in [6, 6.07) is 0. The van der Waals surface area contributed by atoms with Crippen LogP contribution >= 0.6 is 0 Å². The standard InChI is InChI=1S/C14H19NO5/c16-13(15-6-10-7-19-3-4-20-10)11-8-1-2-9(5-8)12(11)14(17)18/h1-2,8-12H,3-7H2,(H,15,16)(H,17,18). The first kappa shape index (κ1) is 13.6. The summed E-state index contributed by atoms with van der Waals surface area (Å²) in [5, 5.41) is 12.1. The van der Waals surface area contributed by atoms with Crippen LogP contribution in [0, 0.1) is 23.7 Å². The fraction of sp³-hybridized carbons (Fsp3) is 0.714. The van der Waals surface area contributed by atoms with Gasteiger partial charge in [0.25, 0.3) is 0 Å². The Morgan fingerprint density at radius 1 is 1.20 bits per heavy atom. The van der Waals surface area contributed by atoms with E-state index in [2.05, 4.69) is 5.32 Å². The summed E-state index contributed by atoms with van der Waals surface area (Å²) < 4.78 is 10.7. The fourth-order valence-corrected chi connectivity index (χ4v) is 3.50. The Balaban J connectivity index is 1.58. The number of carbonyl (C=O) groups excluding carboxylic acids is 1. The van der Waals surface area contributed by atoms with E-state index in [0.29, 0.717) is 26.4 Å². The number of rotatable bonds is 4. The van der Waals surface area contributed by atoms with E-state index in [0.717, 1.165) is 6.42 Å². The van der Waals surface area contributed by atoms with E-state index in [4.69, 9.17) is 9.47 Å². The summed E-state index contributed by atoms with van der Waals surface area (Å²) in [6.07, 6.45) is 4.56. The van der Waals surface area contributed by atoms with Gasteiger partial charge in [0, 0.05) is 6.54 Å². The third kappa shape index (κ3) is 2.45. The molecule has 6 nitrogen and oxygen atoms in total. The summed E-state index contributed by atoms with van der Waals surface area (Å²) >= 11 is 0. The summed E-state index contributed by atoms with van der Waals surface area (Å²) in [5.74, 6) is -2.03. The molecule has 20 heavy (non-hydrogen) atoms. The van der Waals surface area contributed by atoms with Crippen LogP contribution in [0.25, 0.3) is 0 Å². The lowest BCUT2D eigenvalue weighted by Gasteiger charge is -2.26. The number of hydrogen-bond donors (Lipinski definition) is 2. The Hall–Kier alpha value is -1.40. The predicted molar refractivity (Wildman–Crippen MR) is 68.9 cm³/mol. The van der Waals surface area contributed by atoms with Crippen molar-refractivity contribution in [3.05, 3.63) is 12.2 Å². The minimum atomic E-state index is -0.876. The minimum Gasteiger partial charge on any atom is -0.481 e. The maximum atomic E-state index is 12.3. The second-order valence-corrected chi connectivity index (χ2v) is 5.65. The van der Waals surface area contributed by atoms with Gasteiger partial charge in [-0.25, -0.2) is 0 Å². The summed E-state index contributed by atoms with van der Waals surface area (Å²) in [4.78, 5) is 23.6. The van der Waals surface area contributed by atoms with Crippen LogP contribution in [0.5, 0.6) is 0 Å². The number of carbonyl (C=O) groups is 2. The van der Waals surface area contributed by atoms with Gasteiger partial charge in [-0.1, -0.05) is 12.2 Å². The van der Waals surface area contributed by atoms with E-state index >= 15 is 0 Å². The van der Waals surface area contributed by atoms with Crippen molar-refractivity contribution >= 4 is 11.9 Å². The summed E-state index contributed by atoms with van der Waals surface area (Å²) in [5.41, 5.74) is 0. The van der Waals surface area contributed by atoms with Crippen molar-refractivity contribution in [3.63, 3.8) is 0 Å². The third-order valence-electron chi connectivity index (χ3n) is 4.44. The monoisotopic (exact) mass is 281 g/mol. The summed E-state index contributed by atoms with van der Waals surface area (Å²) in [7, 11) is 0. The van der Waals surface area contributed by atoms with Gasteiger partial charge < -0.3 is 19.9 Å². The van der Waals surface area contributed by atoms with Crippen LogP contribution in [0.15, 0.2) is 12.2 Å². The van der Waals surface area contributed by atoms with Crippen LogP contribution in [0.1, 0.15) is 6.42 Å². The Labute approximate surface area is 117 Å². The molecule has 0 spiro atoms. The largest absolute Gasteiger partial charge is 0.481 e. The van der Waals surface area contributed by atoms with E-state index in [1.54, 1.807) is 0 Å². The molecule has 1 aliphatic heterocycles. The molecule has 6 heteroatoms. The van der Waals surface area contributed by atoms with Crippen LogP contribution in [-0.4, -0.2) is 49.5 Å². The minimum absolute atomic E-state index is 0.00233. The molecular weight excluding hydrogens is 262 g/mol. The van der Waals surface area contributed by atoms with Gasteiger partial charge in [-0.15, -0.1) is 0 Å². The number of amides is 1. The zero-order valence-electron chi connectivity index (χ0n) is 11.2. The molecule has 3 rings (SSSR count). The quantitative estimate of drug-likeness (QED) is 0.711. The van der Waals surface area contributed by atoms with Crippen LogP contribution in [0.2, 0.25) is 0 Å². The molecule has 2 aliphatic carbocycles. The van der Waals surface area contributed by atoms with Crippen molar-refractivity contribution in [3.8, 4) is 0 Å². The van der Waals surface area contributed by atoms with Gasteiger partial charge in [0.1, 0.15) is 0 Å². The first-order valence-corrected chi connectivity index (χ1v) is 7.05. The molecule has 5 atom stereocenters. The number of carboxylic acids is 1. The number of aliphatic carboxylic acids is 1. The van der Waals surface area contributed by atoms with Crippen LogP contribution in [0.3, 0.4) is 0 Å². The van der Waals surface area contributed by atoms with E-state index in [-0.39, 0.29) is 23.8 Å². The zero-order valence-corrected chi connectivity index (χ0v) is 11.2. The SMILES string of the molecule is O=C(O)C1C2C=CC(C2)C1C(=O)NCC1COCCO1. The van der Waals surface area contributed by atoms with E-state index in [9.17, 15) is 14.7 Å². The van der Waals surface area contributed by atoms with E-state index < -0.39 is 17.8 Å². The zero-order chi connectivity index (χ0) is 14.1. The van der Waals surface area contributed by atoms with Gasteiger partial charge in [-0.3, -0.25) is 9.59 Å². The van der Waals surface area contributed by atoms with Gasteiger partial charge in [-0.2, -0.15) is 0 Å². The van der Waals surface area contributed by atoms with E-state index in [1.165, 1.54) is 0 Å². The highest BCUT2D eigenvalue weighted by atomic mass is 16.6. The van der Waals surface area contributed by atoms with Crippen molar-refractivity contribution in [2.45, 2.75) is 12.5 Å². The Kier molecular flexibility index (Phi) is 3.76. The van der Waals surface area contributed by atoms with Crippen LogP contribution in [0.4, 0.5) is 0 Å². The summed E-state index contributed by atoms with van der Waals surface area (Å²) in [6.45, 7) is 1.97. The number of hydrogen-bond acceptors (Lipinski definition) is 4. The van der Waals surface area contributed by atoms with Gasteiger partial charge in [0.05, 0.1) is 37.8 Å². The molecule has 0 aromatic rings. The molecule has 2 fully saturated rings. The molecule has 5 unspecified atom stereocenters. The molecule has 2 N–H and O–H groups in total. The fourth-order valence-electron chi connectivity index (χ4n) is 3.50. The van der Waals surface area contributed by atoms with Crippen molar-refractivity contribution in [1.29, 1.82) is 0 Å². The lowest BCUT2D eigenvalue weighted by Crippen LogP contribution is -2.45. The van der Waals surface area contributed by atoms with Crippen LogP contribution < -0.4 is 5.32 Å². The molecule has 1 saturated carbocycles. The molecule has 0 aromatic heterocycles. The normalized spacial score (nSPS) is 38.9. The molecule has 0 radical (unpaired) electrons. The molecule has 3 aliphatic rings. The van der Waals surface area contributed by atoms with Crippen molar-refractivity contribution in [2.75, 3.05) is 26.4 Å². The van der Waals surface area contributed by atoms with Gasteiger partial charge in [0.15, 0.2) is 0 Å². The Morgan fingerprint density at radius 3 is 2.60 bits per heavy atom. The van der Waals surface area contributed by atoms with Crippen molar-refractivity contribution < 1.29 is 24.2 Å². The maximum absolute atomic E-state index is 12.3. The van der Waals surface area contributed by atoms with Crippen molar-refractivity contribution in [2.24, 2.45) is 23.7 Å². The number of ether oxygens (including phenoxy) is 2. The molecule has 1 amide bonds. The van der Waals surface area contributed by atoms with Gasteiger partial charge in [0.2, 0.25) is 5.91 Å². The second kappa shape index (κ2) is 5.54.